The van der Waals surface area contributed by atoms with E-state index >= 15 is 0 Å². The molecule has 0 bridgehead atoms. The average Bonchev–Trinajstić information content (AvgIpc) is 2.36. The fraction of sp³-hybridized carbons (Fsp3) is 0. The molecule has 0 aromatic carbocycles. The maximum atomic E-state index is 4.11. The van der Waals surface area contributed by atoms with E-state index in [9.17, 15) is 0 Å². The smallest absolute Gasteiger partial charge is 0.0780 e. The second-order valence-electron chi connectivity index (χ2n) is 2.02. The van der Waals surface area contributed by atoms with Gasteiger partial charge in [-0.05, 0) is 40.8 Å². The minimum Gasteiger partial charge on any atom is -0.240 e. The van der Waals surface area contributed by atoms with Crippen LogP contribution in [-0.2, 0) is 0 Å². The quantitative estimate of drug-likeness (QED) is 0.647. The first-order valence-corrected chi connectivity index (χ1v) is 4.04. The molecule has 0 saturated heterocycles. The normalized spacial score (nSPS) is 10.5. The van der Waals surface area contributed by atoms with Crippen LogP contribution in [0.1, 0.15) is 0 Å². The lowest BCUT2D eigenvalue weighted by atomic mass is 10.5. The van der Waals surface area contributed by atoms with Gasteiger partial charge in [-0.2, -0.15) is 5.10 Å². The van der Waals surface area contributed by atoms with Crippen LogP contribution in [0.4, 0.5) is 0 Å². The third-order valence-electron chi connectivity index (χ3n) is 1.38. The number of hydrogen-bond donors (Lipinski definition) is 0. The highest BCUT2D eigenvalue weighted by atomic mass is 127. The van der Waals surface area contributed by atoms with Gasteiger partial charge in [-0.15, -0.1) is 0 Å². The van der Waals surface area contributed by atoms with Crippen LogP contribution >= 0.6 is 22.6 Å². The van der Waals surface area contributed by atoms with Crippen molar-refractivity contribution in [3.8, 4) is 0 Å². The molecule has 0 aliphatic carbocycles. The van der Waals surface area contributed by atoms with E-state index in [4.69, 9.17) is 0 Å². The Bertz CT molecular complexity index is 353. The van der Waals surface area contributed by atoms with Crippen LogP contribution in [-0.4, -0.2) is 9.61 Å². The molecule has 3 heteroatoms. The molecular weight excluding hydrogens is 239 g/mol. The molecule has 0 atom stereocenters. The number of fused-ring (bicyclic) bond motifs is 1. The van der Waals surface area contributed by atoms with Crippen LogP contribution in [0.25, 0.3) is 5.52 Å². The monoisotopic (exact) mass is 244 g/mol. The molecule has 2 nitrogen and oxygen atoms in total. The summed E-state index contributed by atoms with van der Waals surface area (Å²) in [6, 6.07) is 6.04. The predicted molar refractivity (Wildman–Crippen MR) is 47.9 cm³/mol. The van der Waals surface area contributed by atoms with Crippen LogP contribution in [0.5, 0.6) is 0 Å². The molecule has 0 fully saturated rings. The van der Waals surface area contributed by atoms with Crippen molar-refractivity contribution in [2.75, 3.05) is 0 Å². The van der Waals surface area contributed by atoms with Crippen molar-refractivity contribution in [2.45, 2.75) is 0 Å². The topological polar surface area (TPSA) is 17.3 Å². The summed E-state index contributed by atoms with van der Waals surface area (Å²) in [6.45, 7) is 0. The van der Waals surface area contributed by atoms with Gasteiger partial charge in [0.1, 0.15) is 0 Å². The fourth-order valence-electron chi connectivity index (χ4n) is 0.918. The van der Waals surface area contributed by atoms with Gasteiger partial charge in [0, 0.05) is 16.0 Å². The van der Waals surface area contributed by atoms with E-state index in [0.29, 0.717) is 0 Å². The van der Waals surface area contributed by atoms with Crippen molar-refractivity contribution in [3.63, 3.8) is 0 Å². The minimum absolute atomic E-state index is 1.17. The van der Waals surface area contributed by atoms with Crippen molar-refractivity contribution in [1.29, 1.82) is 0 Å². The number of rotatable bonds is 0. The van der Waals surface area contributed by atoms with Crippen molar-refractivity contribution in [1.82, 2.24) is 9.61 Å². The highest BCUT2D eigenvalue weighted by Crippen LogP contribution is 2.11. The second-order valence-corrected chi connectivity index (χ2v) is 3.18. The van der Waals surface area contributed by atoms with Gasteiger partial charge in [-0.3, -0.25) is 0 Å². The van der Waals surface area contributed by atoms with Gasteiger partial charge in [0.2, 0.25) is 0 Å². The predicted octanol–water partition coefficient (Wildman–Crippen LogP) is 1.94. The minimum atomic E-state index is 1.17. The third kappa shape index (κ3) is 0.811. The van der Waals surface area contributed by atoms with E-state index in [-0.39, 0.29) is 0 Å². The first-order valence-electron chi connectivity index (χ1n) is 2.96. The fourth-order valence-corrected chi connectivity index (χ4v) is 1.51. The largest absolute Gasteiger partial charge is 0.240 e. The van der Waals surface area contributed by atoms with Crippen LogP contribution < -0.4 is 0 Å². The summed E-state index contributed by atoms with van der Waals surface area (Å²) in [5.41, 5.74) is 1.17. The summed E-state index contributed by atoms with van der Waals surface area (Å²) < 4.78 is 3.10. The van der Waals surface area contributed by atoms with Gasteiger partial charge in [-0.1, -0.05) is 0 Å². The zero-order valence-corrected chi connectivity index (χ0v) is 7.32. The standard InChI is InChI=1S/C7H5IN2/c8-6-3-4-9-10-5-1-2-7(6)10/h1-5H. The van der Waals surface area contributed by atoms with E-state index in [1.165, 1.54) is 9.09 Å². The lowest BCUT2D eigenvalue weighted by Gasteiger charge is -1.93. The Morgan fingerprint density at radius 2 is 2.30 bits per heavy atom. The van der Waals surface area contributed by atoms with Gasteiger partial charge in [0.25, 0.3) is 0 Å². The summed E-state index contributed by atoms with van der Waals surface area (Å²) in [7, 11) is 0. The van der Waals surface area contributed by atoms with Crippen molar-refractivity contribution in [3.05, 3.63) is 34.2 Å². The summed E-state index contributed by atoms with van der Waals surface area (Å²) in [5, 5.41) is 4.11. The lowest BCUT2D eigenvalue weighted by Crippen LogP contribution is -1.88. The Morgan fingerprint density at radius 1 is 1.40 bits per heavy atom. The molecule has 10 heavy (non-hydrogen) atoms. The number of halogens is 1. The maximum absolute atomic E-state index is 4.11. The van der Waals surface area contributed by atoms with E-state index in [1.807, 2.05) is 22.8 Å². The molecule has 0 saturated carbocycles. The van der Waals surface area contributed by atoms with Gasteiger partial charge >= 0.3 is 0 Å². The van der Waals surface area contributed by atoms with Gasteiger partial charge in [0.15, 0.2) is 0 Å². The molecule has 0 aliphatic rings. The highest BCUT2D eigenvalue weighted by Gasteiger charge is 1.94. The van der Waals surface area contributed by atoms with E-state index in [1.54, 1.807) is 6.20 Å². The van der Waals surface area contributed by atoms with Gasteiger partial charge < -0.3 is 0 Å². The average molecular weight is 244 g/mol. The Morgan fingerprint density at radius 3 is 3.10 bits per heavy atom. The maximum Gasteiger partial charge on any atom is 0.0780 e. The summed E-state index contributed by atoms with van der Waals surface area (Å²) in [5.74, 6) is 0. The molecule has 2 aromatic rings. The Labute approximate surface area is 72.0 Å². The summed E-state index contributed by atoms with van der Waals surface area (Å²) >= 11 is 2.29. The van der Waals surface area contributed by atoms with E-state index in [2.05, 4.69) is 33.8 Å². The molecule has 0 spiro atoms. The summed E-state index contributed by atoms with van der Waals surface area (Å²) in [4.78, 5) is 0. The number of hydrogen-bond acceptors (Lipinski definition) is 1. The lowest BCUT2D eigenvalue weighted by molar-refractivity contribution is 0.937. The summed E-state index contributed by atoms with van der Waals surface area (Å²) in [6.07, 6.45) is 3.74. The molecule has 0 unspecified atom stereocenters. The zero-order chi connectivity index (χ0) is 6.97. The molecule has 0 aliphatic heterocycles. The molecule has 2 heterocycles. The molecule has 0 amide bonds. The van der Waals surface area contributed by atoms with Crippen LogP contribution in [0.15, 0.2) is 30.6 Å². The number of aromatic nitrogens is 2. The van der Waals surface area contributed by atoms with Gasteiger partial charge in [0.05, 0.1) is 5.52 Å². The van der Waals surface area contributed by atoms with Gasteiger partial charge in [-0.25, -0.2) is 4.52 Å². The van der Waals surface area contributed by atoms with Crippen LogP contribution in [0.3, 0.4) is 0 Å². The van der Waals surface area contributed by atoms with Crippen LogP contribution in [0, 0.1) is 3.57 Å². The molecule has 2 aromatic heterocycles. The number of nitrogens with zero attached hydrogens (tertiary/aromatic N) is 2. The first-order chi connectivity index (χ1) is 4.88. The highest BCUT2D eigenvalue weighted by molar-refractivity contribution is 14.1. The third-order valence-corrected chi connectivity index (χ3v) is 2.30. The molecular formula is C7H5IN2. The molecule has 0 radical (unpaired) electrons. The Kier molecular flexibility index (Phi) is 1.37. The Hall–Kier alpha value is -0.580. The van der Waals surface area contributed by atoms with Crippen LogP contribution in [0.2, 0.25) is 0 Å². The Balaban J connectivity index is 2.95. The van der Waals surface area contributed by atoms with Crippen molar-refractivity contribution in [2.24, 2.45) is 0 Å². The second kappa shape index (κ2) is 2.23. The molecule has 50 valence electrons. The van der Waals surface area contributed by atoms with Crippen molar-refractivity contribution < 1.29 is 0 Å². The molecule has 2 rings (SSSR count). The SMILES string of the molecule is Ic1ccnn2cccc12. The van der Waals surface area contributed by atoms with Crippen molar-refractivity contribution >= 4 is 28.1 Å². The van der Waals surface area contributed by atoms with E-state index < -0.39 is 0 Å². The molecule has 0 N–H and O–H groups in total. The first kappa shape index (κ1) is 6.15. The van der Waals surface area contributed by atoms with E-state index in [0.717, 1.165) is 0 Å². The zero-order valence-electron chi connectivity index (χ0n) is 5.16.